The molecule has 1 aliphatic heterocycles. The number of aromatic nitrogens is 1. The number of likely N-dealkylation sites (tertiary alicyclic amines) is 1. The van der Waals surface area contributed by atoms with Gasteiger partial charge in [0.15, 0.2) is 0 Å². The van der Waals surface area contributed by atoms with Gasteiger partial charge in [-0.3, -0.25) is 14.6 Å². The zero-order valence-electron chi connectivity index (χ0n) is 15.1. The van der Waals surface area contributed by atoms with E-state index in [0.717, 1.165) is 44.2 Å². The van der Waals surface area contributed by atoms with E-state index < -0.39 is 5.91 Å². The Balaban J connectivity index is 1.77. The molecule has 1 atom stereocenters. The van der Waals surface area contributed by atoms with E-state index in [-0.39, 0.29) is 11.8 Å². The molecule has 1 fully saturated rings. The van der Waals surface area contributed by atoms with Gasteiger partial charge in [0.05, 0.1) is 0 Å². The third-order valence-electron chi connectivity index (χ3n) is 6.06. The van der Waals surface area contributed by atoms with Crippen LogP contribution in [0.1, 0.15) is 71.6 Å². The third-order valence-corrected chi connectivity index (χ3v) is 6.06. The lowest BCUT2D eigenvalue weighted by atomic mass is 9.83. The predicted molar refractivity (Wildman–Crippen MR) is 101 cm³/mol. The SMILES string of the molecule is C=CC(=O)N1CCC[C@H](c2cnc(C(N)=O)c3c2C2=C(CCCC2)C3)C1. The van der Waals surface area contributed by atoms with Crippen molar-refractivity contribution in [3.05, 3.63) is 46.8 Å². The van der Waals surface area contributed by atoms with Crippen molar-refractivity contribution < 1.29 is 9.59 Å². The fourth-order valence-electron chi connectivity index (χ4n) is 4.86. The summed E-state index contributed by atoms with van der Waals surface area (Å²) in [6.07, 6.45) is 10.6. The fraction of sp³-hybridized carbons (Fsp3) is 0.476. The highest BCUT2D eigenvalue weighted by Crippen LogP contribution is 2.46. The minimum absolute atomic E-state index is 0.00867. The lowest BCUT2D eigenvalue weighted by Gasteiger charge is -2.33. The molecule has 4 rings (SSSR count). The van der Waals surface area contributed by atoms with E-state index in [9.17, 15) is 9.59 Å². The minimum Gasteiger partial charge on any atom is -0.364 e. The first kappa shape index (κ1) is 17.0. The average molecular weight is 351 g/mol. The number of nitrogens with zero attached hydrogens (tertiary/aromatic N) is 2. The number of hydrogen-bond acceptors (Lipinski definition) is 3. The van der Waals surface area contributed by atoms with Crippen molar-refractivity contribution in [2.75, 3.05) is 13.1 Å². The van der Waals surface area contributed by atoms with Crippen molar-refractivity contribution in [2.24, 2.45) is 5.73 Å². The van der Waals surface area contributed by atoms with E-state index in [2.05, 4.69) is 11.6 Å². The van der Waals surface area contributed by atoms with Crippen molar-refractivity contribution in [3.63, 3.8) is 0 Å². The van der Waals surface area contributed by atoms with Gasteiger partial charge in [0.1, 0.15) is 5.69 Å². The summed E-state index contributed by atoms with van der Waals surface area (Å²) in [5, 5.41) is 0. The molecule has 1 saturated heterocycles. The van der Waals surface area contributed by atoms with Crippen LogP contribution in [0.5, 0.6) is 0 Å². The molecule has 0 spiro atoms. The molecular weight excluding hydrogens is 326 g/mol. The summed E-state index contributed by atoms with van der Waals surface area (Å²) in [6.45, 7) is 5.09. The van der Waals surface area contributed by atoms with Gasteiger partial charge in [-0.15, -0.1) is 0 Å². The second-order valence-corrected chi connectivity index (χ2v) is 7.57. The van der Waals surface area contributed by atoms with Crippen molar-refractivity contribution in [2.45, 2.75) is 50.9 Å². The molecular formula is C21H25N3O2. The average Bonchev–Trinajstić information content (AvgIpc) is 3.06. The standard InChI is InChI=1S/C21H25N3O2/c1-2-18(25)24-9-5-7-14(12-24)17-11-23-20(21(22)26)16-10-13-6-3-4-8-15(13)19(16)17/h2,11,14H,1,3-10,12H2,(H2,22,26)/t14-/m0/s1. The molecule has 0 bridgehead atoms. The van der Waals surface area contributed by atoms with Gasteiger partial charge < -0.3 is 10.6 Å². The topological polar surface area (TPSA) is 76.3 Å². The van der Waals surface area contributed by atoms with Gasteiger partial charge in [-0.1, -0.05) is 12.2 Å². The number of allylic oxidation sites excluding steroid dienone is 2. The second kappa shape index (κ2) is 6.71. The molecule has 5 nitrogen and oxygen atoms in total. The molecule has 0 aromatic carbocycles. The first-order valence-electron chi connectivity index (χ1n) is 9.54. The first-order valence-corrected chi connectivity index (χ1v) is 9.54. The van der Waals surface area contributed by atoms with Crippen LogP contribution >= 0.6 is 0 Å². The monoisotopic (exact) mass is 351 g/mol. The summed E-state index contributed by atoms with van der Waals surface area (Å²) in [6, 6.07) is 0. The van der Waals surface area contributed by atoms with Crippen LogP contribution < -0.4 is 5.73 Å². The van der Waals surface area contributed by atoms with Crippen molar-refractivity contribution in [3.8, 4) is 0 Å². The predicted octanol–water partition coefficient (Wildman–Crippen LogP) is 2.96. The van der Waals surface area contributed by atoms with E-state index >= 15 is 0 Å². The lowest BCUT2D eigenvalue weighted by molar-refractivity contribution is -0.127. The van der Waals surface area contributed by atoms with Gasteiger partial charge in [-0.25, -0.2) is 0 Å². The largest absolute Gasteiger partial charge is 0.364 e. The summed E-state index contributed by atoms with van der Waals surface area (Å²) >= 11 is 0. The van der Waals surface area contributed by atoms with Gasteiger partial charge in [0, 0.05) is 25.2 Å². The maximum absolute atomic E-state index is 12.1. The number of amides is 2. The summed E-state index contributed by atoms with van der Waals surface area (Å²) in [4.78, 5) is 30.3. The smallest absolute Gasteiger partial charge is 0.267 e. The Bertz CT molecular complexity index is 825. The molecule has 1 aromatic rings. The van der Waals surface area contributed by atoms with Gasteiger partial charge in [-0.05, 0) is 73.3 Å². The number of hydrogen-bond donors (Lipinski definition) is 1. The quantitative estimate of drug-likeness (QED) is 0.851. The Morgan fingerprint density at radius 3 is 2.85 bits per heavy atom. The van der Waals surface area contributed by atoms with Gasteiger partial charge >= 0.3 is 0 Å². The maximum Gasteiger partial charge on any atom is 0.267 e. The van der Waals surface area contributed by atoms with Crippen molar-refractivity contribution in [1.82, 2.24) is 9.88 Å². The van der Waals surface area contributed by atoms with Crippen molar-refractivity contribution >= 4 is 17.4 Å². The molecule has 2 amide bonds. The Morgan fingerprint density at radius 2 is 2.08 bits per heavy atom. The molecule has 0 unspecified atom stereocenters. The molecule has 136 valence electrons. The molecule has 2 heterocycles. The highest BCUT2D eigenvalue weighted by Gasteiger charge is 2.34. The number of pyridine rings is 1. The fourth-order valence-corrected chi connectivity index (χ4v) is 4.86. The Hall–Kier alpha value is -2.43. The van der Waals surface area contributed by atoms with E-state index in [0.29, 0.717) is 12.2 Å². The van der Waals surface area contributed by atoms with Gasteiger partial charge in [0.2, 0.25) is 5.91 Å². The van der Waals surface area contributed by atoms with E-state index in [4.69, 9.17) is 5.73 Å². The number of nitrogens with two attached hydrogens (primary N) is 1. The van der Waals surface area contributed by atoms with Crippen LogP contribution in [0.25, 0.3) is 5.57 Å². The molecule has 0 saturated carbocycles. The van der Waals surface area contributed by atoms with Crippen LogP contribution in [0.4, 0.5) is 0 Å². The summed E-state index contributed by atoms with van der Waals surface area (Å²) in [7, 11) is 0. The maximum atomic E-state index is 12.1. The van der Waals surface area contributed by atoms with Gasteiger partial charge in [-0.2, -0.15) is 0 Å². The van der Waals surface area contributed by atoms with Crippen LogP contribution in [-0.4, -0.2) is 34.8 Å². The number of piperidine rings is 1. The summed E-state index contributed by atoms with van der Waals surface area (Å²) in [5.74, 6) is -0.199. The highest BCUT2D eigenvalue weighted by atomic mass is 16.2. The number of fused-ring (bicyclic) bond motifs is 2. The molecule has 26 heavy (non-hydrogen) atoms. The lowest BCUT2D eigenvalue weighted by Crippen LogP contribution is -2.38. The zero-order chi connectivity index (χ0) is 18.3. The Kier molecular flexibility index (Phi) is 4.39. The van der Waals surface area contributed by atoms with E-state index in [1.54, 1.807) is 0 Å². The molecule has 5 heteroatoms. The van der Waals surface area contributed by atoms with E-state index in [1.165, 1.54) is 41.2 Å². The number of rotatable bonds is 3. The summed E-state index contributed by atoms with van der Waals surface area (Å²) in [5.41, 5.74) is 12.3. The Morgan fingerprint density at radius 1 is 1.27 bits per heavy atom. The van der Waals surface area contributed by atoms with Crippen LogP contribution in [0.3, 0.4) is 0 Å². The molecule has 3 aliphatic rings. The van der Waals surface area contributed by atoms with Crippen LogP contribution in [-0.2, 0) is 11.2 Å². The highest BCUT2D eigenvalue weighted by molar-refractivity contribution is 5.96. The number of primary amides is 1. The molecule has 2 N–H and O–H groups in total. The minimum atomic E-state index is -0.445. The molecule has 2 aliphatic carbocycles. The normalized spacial score (nSPS) is 22.0. The second-order valence-electron chi connectivity index (χ2n) is 7.57. The molecule has 1 aromatic heterocycles. The summed E-state index contributed by atoms with van der Waals surface area (Å²) < 4.78 is 0. The zero-order valence-corrected chi connectivity index (χ0v) is 15.1. The van der Waals surface area contributed by atoms with E-state index in [1.807, 2.05) is 11.1 Å². The van der Waals surface area contributed by atoms with Crippen LogP contribution in [0, 0.1) is 0 Å². The van der Waals surface area contributed by atoms with Crippen molar-refractivity contribution in [1.29, 1.82) is 0 Å². The Labute approximate surface area is 154 Å². The van der Waals surface area contributed by atoms with Crippen LogP contribution in [0.2, 0.25) is 0 Å². The van der Waals surface area contributed by atoms with Gasteiger partial charge in [0.25, 0.3) is 5.91 Å². The first-order chi connectivity index (χ1) is 12.6. The number of carbonyl (C=O) groups excluding carboxylic acids is 2. The number of carbonyl (C=O) groups is 2. The molecule has 0 radical (unpaired) electrons. The third kappa shape index (κ3) is 2.75. The van der Waals surface area contributed by atoms with Crippen LogP contribution in [0.15, 0.2) is 24.4 Å².